The molecular formula is C16H15BrN4O2. The highest BCUT2D eigenvalue weighted by Crippen LogP contribution is 2.41. The molecule has 2 aromatic rings. The second-order valence-corrected chi connectivity index (χ2v) is 6.73. The molecule has 3 heterocycles. The maximum atomic E-state index is 13.0. The highest BCUT2D eigenvalue weighted by atomic mass is 79.9. The first-order chi connectivity index (χ1) is 11.1. The van der Waals surface area contributed by atoms with E-state index >= 15 is 0 Å². The number of fused-ring (bicyclic) bond motifs is 5. The van der Waals surface area contributed by atoms with Gasteiger partial charge < -0.3 is 15.2 Å². The first-order valence-electron chi connectivity index (χ1n) is 7.52. The molecule has 0 spiro atoms. The van der Waals surface area contributed by atoms with Gasteiger partial charge in [0.1, 0.15) is 0 Å². The Hall–Kier alpha value is -2.15. The fourth-order valence-electron chi connectivity index (χ4n) is 3.60. The van der Waals surface area contributed by atoms with Crippen molar-refractivity contribution in [1.82, 2.24) is 14.5 Å². The average Bonchev–Trinajstić information content (AvgIpc) is 3.10. The number of rotatable bonds is 2. The minimum absolute atomic E-state index is 0.0173. The van der Waals surface area contributed by atoms with E-state index in [1.165, 1.54) is 0 Å². The summed E-state index contributed by atoms with van der Waals surface area (Å²) in [7, 11) is 0. The van der Waals surface area contributed by atoms with E-state index in [-0.39, 0.29) is 18.4 Å². The molecule has 0 saturated carbocycles. The van der Waals surface area contributed by atoms with Crippen molar-refractivity contribution in [1.29, 1.82) is 0 Å². The number of halogens is 1. The Morgan fingerprint density at radius 3 is 3.04 bits per heavy atom. The van der Waals surface area contributed by atoms with E-state index in [0.29, 0.717) is 17.8 Å². The summed E-state index contributed by atoms with van der Waals surface area (Å²) in [5.74, 6) is -0.398. The van der Waals surface area contributed by atoms with E-state index in [2.05, 4.69) is 20.9 Å². The van der Waals surface area contributed by atoms with Crippen LogP contribution in [0.1, 0.15) is 40.6 Å². The number of amides is 2. The molecule has 1 atom stereocenters. The van der Waals surface area contributed by atoms with Gasteiger partial charge in [-0.15, -0.1) is 0 Å². The number of imidazole rings is 1. The van der Waals surface area contributed by atoms with Gasteiger partial charge in [0, 0.05) is 11.0 Å². The highest BCUT2D eigenvalue weighted by molar-refractivity contribution is 9.10. The minimum atomic E-state index is -0.416. The lowest BCUT2D eigenvalue weighted by Gasteiger charge is -2.23. The van der Waals surface area contributed by atoms with Crippen molar-refractivity contribution in [3.05, 3.63) is 46.0 Å². The van der Waals surface area contributed by atoms with Crippen LogP contribution in [0.3, 0.4) is 0 Å². The van der Waals surface area contributed by atoms with Gasteiger partial charge in [-0.25, -0.2) is 4.98 Å². The second kappa shape index (κ2) is 5.19. The monoisotopic (exact) mass is 374 g/mol. The molecule has 2 N–H and O–H groups in total. The fraction of sp³-hybridized carbons (Fsp3) is 0.312. The van der Waals surface area contributed by atoms with Crippen LogP contribution in [0.25, 0.3) is 5.69 Å². The summed E-state index contributed by atoms with van der Waals surface area (Å²) >= 11 is 3.50. The number of carbonyl (C=O) groups excluding carboxylic acids is 2. The zero-order chi connectivity index (χ0) is 16.1. The number of carbonyl (C=O) groups is 2. The first-order valence-corrected chi connectivity index (χ1v) is 8.31. The summed E-state index contributed by atoms with van der Waals surface area (Å²) in [5.41, 5.74) is 8.36. The molecule has 6 nitrogen and oxygen atoms in total. The van der Waals surface area contributed by atoms with Gasteiger partial charge in [0.15, 0.2) is 0 Å². The van der Waals surface area contributed by atoms with E-state index in [1.807, 2.05) is 27.7 Å². The fourth-order valence-corrected chi connectivity index (χ4v) is 4.13. The van der Waals surface area contributed by atoms with Crippen LogP contribution < -0.4 is 5.73 Å². The molecule has 2 aliphatic rings. The number of primary amides is 1. The second-order valence-electron chi connectivity index (χ2n) is 5.88. The first kappa shape index (κ1) is 14.4. The summed E-state index contributed by atoms with van der Waals surface area (Å²) < 4.78 is 2.70. The van der Waals surface area contributed by atoms with Crippen LogP contribution >= 0.6 is 15.9 Å². The summed E-state index contributed by atoms with van der Waals surface area (Å²) in [4.78, 5) is 30.7. The molecule has 1 fully saturated rings. The Labute approximate surface area is 141 Å². The van der Waals surface area contributed by atoms with Crippen LogP contribution in [-0.4, -0.2) is 32.8 Å². The summed E-state index contributed by atoms with van der Waals surface area (Å²) in [6.07, 6.45) is 3.59. The lowest BCUT2D eigenvalue weighted by molar-refractivity contribution is -0.117. The van der Waals surface area contributed by atoms with Crippen molar-refractivity contribution >= 4 is 27.7 Å². The number of nitrogens with zero attached hydrogens (tertiary/aromatic N) is 3. The lowest BCUT2D eigenvalue weighted by Crippen LogP contribution is -2.30. The predicted molar refractivity (Wildman–Crippen MR) is 87.2 cm³/mol. The third kappa shape index (κ3) is 2.10. The van der Waals surface area contributed by atoms with Gasteiger partial charge in [0.2, 0.25) is 5.91 Å². The molecule has 4 rings (SSSR count). The van der Waals surface area contributed by atoms with Gasteiger partial charge in [-0.1, -0.05) is 6.07 Å². The molecule has 1 aromatic heterocycles. The molecule has 118 valence electrons. The molecule has 0 bridgehead atoms. The van der Waals surface area contributed by atoms with Gasteiger partial charge >= 0.3 is 0 Å². The van der Waals surface area contributed by atoms with E-state index < -0.39 is 5.91 Å². The summed E-state index contributed by atoms with van der Waals surface area (Å²) in [5, 5.41) is 0. The van der Waals surface area contributed by atoms with Crippen molar-refractivity contribution in [2.24, 2.45) is 5.73 Å². The molecule has 7 heteroatoms. The maximum Gasteiger partial charge on any atom is 0.257 e. The SMILES string of the molecule is NC(=O)Cc1ncn2c1[C@@H]1CCCN1C(=O)c1c(Br)cccc1-2. The number of benzene rings is 1. The van der Waals surface area contributed by atoms with Gasteiger partial charge in [-0.2, -0.15) is 0 Å². The molecular weight excluding hydrogens is 360 g/mol. The average molecular weight is 375 g/mol. The van der Waals surface area contributed by atoms with Crippen molar-refractivity contribution in [3.63, 3.8) is 0 Å². The quantitative estimate of drug-likeness (QED) is 0.871. The van der Waals surface area contributed by atoms with Crippen LogP contribution in [0.4, 0.5) is 0 Å². The van der Waals surface area contributed by atoms with Gasteiger partial charge in [0.25, 0.3) is 5.91 Å². The Balaban J connectivity index is 2.00. The molecule has 23 heavy (non-hydrogen) atoms. The molecule has 0 aliphatic carbocycles. The number of aromatic nitrogens is 2. The molecule has 1 saturated heterocycles. The largest absolute Gasteiger partial charge is 0.369 e. The van der Waals surface area contributed by atoms with E-state index in [1.54, 1.807) is 6.33 Å². The van der Waals surface area contributed by atoms with Gasteiger partial charge in [0.05, 0.1) is 41.4 Å². The Morgan fingerprint density at radius 1 is 1.43 bits per heavy atom. The predicted octanol–water partition coefficient (Wildman–Crippen LogP) is 1.95. The van der Waals surface area contributed by atoms with Crippen LogP contribution in [-0.2, 0) is 11.2 Å². The molecule has 2 amide bonds. The third-order valence-corrected chi connectivity index (χ3v) is 5.18. The zero-order valence-corrected chi connectivity index (χ0v) is 13.9. The molecule has 0 unspecified atom stereocenters. The van der Waals surface area contributed by atoms with Gasteiger partial charge in [-0.3, -0.25) is 9.59 Å². The van der Waals surface area contributed by atoms with Crippen molar-refractivity contribution in [2.75, 3.05) is 6.54 Å². The molecule has 1 aromatic carbocycles. The Morgan fingerprint density at radius 2 is 2.26 bits per heavy atom. The maximum absolute atomic E-state index is 13.0. The van der Waals surface area contributed by atoms with Crippen LogP contribution in [0.2, 0.25) is 0 Å². The molecule has 0 radical (unpaired) electrons. The van der Waals surface area contributed by atoms with Crippen molar-refractivity contribution in [3.8, 4) is 5.69 Å². The van der Waals surface area contributed by atoms with E-state index in [0.717, 1.165) is 28.7 Å². The summed E-state index contributed by atoms with van der Waals surface area (Å²) in [6, 6.07) is 5.61. The van der Waals surface area contributed by atoms with E-state index in [4.69, 9.17) is 5.73 Å². The topological polar surface area (TPSA) is 81.2 Å². The smallest absolute Gasteiger partial charge is 0.257 e. The Bertz CT molecular complexity index is 829. The normalized spacial score (nSPS) is 19.1. The summed E-state index contributed by atoms with van der Waals surface area (Å²) in [6.45, 7) is 0.714. The van der Waals surface area contributed by atoms with Gasteiger partial charge in [-0.05, 0) is 40.9 Å². The van der Waals surface area contributed by atoms with Crippen LogP contribution in [0.15, 0.2) is 29.0 Å². The lowest BCUT2D eigenvalue weighted by atomic mass is 10.1. The van der Waals surface area contributed by atoms with E-state index in [9.17, 15) is 9.59 Å². The number of nitrogens with two attached hydrogens (primary N) is 1. The standard InChI is InChI=1S/C16H15BrN4O2/c17-9-3-1-4-11-14(9)16(23)20-6-2-5-12(20)15-10(7-13(18)22)19-8-21(11)15/h1,3-4,8,12H,2,5-7H2,(H2,18,22)/t12-/m0/s1. The van der Waals surface area contributed by atoms with Crippen molar-refractivity contribution < 1.29 is 9.59 Å². The Kier molecular flexibility index (Phi) is 3.26. The number of hydrogen-bond donors (Lipinski definition) is 1. The van der Waals surface area contributed by atoms with Crippen molar-refractivity contribution in [2.45, 2.75) is 25.3 Å². The number of hydrogen-bond acceptors (Lipinski definition) is 3. The van der Waals surface area contributed by atoms with Crippen LogP contribution in [0.5, 0.6) is 0 Å². The third-order valence-electron chi connectivity index (χ3n) is 4.52. The highest BCUT2D eigenvalue weighted by Gasteiger charge is 2.39. The zero-order valence-electron chi connectivity index (χ0n) is 12.3. The van der Waals surface area contributed by atoms with Crippen LogP contribution in [0, 0.1) is 0 Å². The molecule has 2 aliphatic heterocycles. The minimum Gasteiger partial charge on any atom is -0.369 e.